The standard InChI is InChI=1S/C24H22FN3O3S/c1-17-9-10-21-23(15-17)31-22-8-3-2-7-20(22)24(26-21)27-11-13-28(14-12-27)32(29,30)19-6-4-5-18(25)16-19/h2-10,15-16H,11-14H2,1H3. The van der Waals surface area contributed by atoms with E-state index < -0.39 is 15.8 Å². The summed E-state index contributed by atoms with van der Waals surface area (Å²) in [6.45, 7) is 3.48. The molecule has 1 saturated heterocycles. The third kappa shape index (κ3) is 3.76. The van der Waals surface area contributed by atoms with E-state index in [0.717, 1.165) is 28.7 Å². The summed E-state index contributed by atoms with van der Waals surface area (Å²) >= 11 is 0. The topological polar surface area (TPSA) is 62.2 Å². The largest absolute Gasteiger partial charge is 0.454 e. The maximum absolute atomic E-state index is 13.6. The quantitative estimate of drug-likeness (QED) is 0.582. The predicted octanol–water partition coefficient (Wildman–Crippen LogP) is 4.32. The minimum absolute atomic E-state index is 0.0270. The summed E-state index contributed by atoms with van der Waals surface area (Å²) in [4.78, 5) is 6.95. The second-order valence-corrected chi connectivity index (χ2v) is 9.79. The Morgan fingerprint density at radius 3 is 2.47 bits per heavy atom. The van der Waals surface area contributed by atoms with E-state index in [-0.39, 0.29) is 18.0 Å². The van der Waals surface area contributed by atoms with Gasteiger partial charge in [0.15, 0.2) is 5.75 Å². The first kappa shape index (κ1) is 20.7. The summed E-state index contributed by atoms with van der Waals surface area (Å²) in [6, 6.07) is 18.7. The molecule has 8 heteroatoms. The van der Waals surface area contributed by atoms with Crippen molar-refractivity contribution in [2.45, 2.75) is 11.8 Å². The van der Waals surface area contributed by atoms with Crippen LogP contribution in [-0.4, -0.2) is 49.6 Å². The predicted molar refractivity (Wildman–Crippen MR) is 121 cm³/mol. The molecule has 0 atom stereocenters. The highest BCUT2D eigenvalue weighted by atomic mass is 32.2. The molecule has 164 valence electrons. The molecule has 2 aliphatic rings. The Labute approximate surface area is 186 Å². The van der Waals surface area contributed by atoms with Crippen LogP contribution in [0.3, 0.4) is 0 Å². The van der Waals surface area contributed by atoms with Crippen LogP contribution in [0, 0.1) is 12.7 Å². The van der Waals surface area contributed by atoms with Crippen LogP contribution in [0.15, 0.2) is 76.6 Å². The molecule has 5 rings (SSSR count). The Bertz CT molecular complexity index is 1320. The second-order valence-electron chi connectivity index (χ2n) is 7.85. The number of fused-ring (bicyclic) bond motifs is 2. The Morgan fingerprint density at radius 1 is 0.906 bits per heavy atom. The number of halogens is 1. The molecule has 2 heterocycles. The van der Waals surface area contributed by atoms with Crippen LogP contribution in [0.25, 0.3) is 0 Å². The smallest absolute Gasteiger partial charge is 0.243 e. The van der Waals surface area contributed by atoms with Crippen LogP contribution < -0.4 is 4.74 Å². The molecule has 0 spiro atoms. The van der Waals surface area contributed by atoms with Crippen LogP contribution in [-0.2, 0) is 10.0 Å². The highest BCUT2D eigenvalue weighted by molar-refractivity contribution is 7.89. The number of para-hydroxylation sites is 1. The summed E-state index contributed by atoms with van der Waals surface area (Å²) in [5.74, 6) is 1.60. The molecule has 32 heavy (non-hydrogen) atoms. The zero-order chi connectivity index (χ0) is 22.3. The Balaban J connectivity index is 1.44. The molecule has 0 saturated carbocycles. The van der Waals surface area contributed by atoms with E-state index >= 15 is 0 Å². The van der Waals surface area contributed by atoms with Crippen LogP contribution in [0.4, 0.5) is 10.1 Å². The fourth-order valence-electron chi connectivity index (χ4n) is 3.99. The number of hydrogen-bond acceptors (Lipinski definition) is 5. The fourth-order valence-corrected chi connectivity index (χ4v) is 5.44. The molecule has 1 fully saturated rings. The Hall–Kier alpha value is -3.23. The van der Waals surface area contributed by atoms with Gasteiger partial charge in [-0.3, -0.25) is 0 Å². The minimum Gasteiger partial charge on any atom is -0.454 e. The first-order chi connectivity index (χ1) is 15.4. The van der Waals surface area contributed by atoms with Gasteiger partial charge in [0.1, 0.15) is 23.1 Å². The maximum Gasteiger partial charge on any atom is 0.243 e. The van der Waals surface area contributed by atoms with Gasteiger partial charge in [-0.2, -0.15) is 4.31 Å². The monoisotopic (exact) mass is 451 g/mol. The normalized spacial score (nSPS) is 16.4. The lowest BCUT2D eigenvalue weighted by Gasteiger charge is -2.35. The molecule has 6 nitrogen and oxygen atoms in total. The third-order valence-corrected chi connectivity index (χ3v) is 7.56. The average Bonchev–Trinajstić information content (AvgIpc) is 2.95. The number of nitrogens with zero attached hydrogens (tertiary/aromatic N) is 3. The molecule has 0 bridgehead atoms. The zero-order valence-corrected chi connectivity index (χ0v) is 18.3. The number of benzene rings is 3. The van der Waals surface area contributed by atoms with Crippen molar-refractivity contribution in [3.8, 4) is 11.5 Å². The van der Waals surface area contributed by atoms with Gasteiger partial charge in [-0.15, -0.1) is 0 Å². The van der Waals surface area contributed by atoms with Crippen molar-refractivity contribution in [3.05, 3.63) is 83.7 Å². The lowest BCUT2D eigenvalue weighted by Crippen LogP contribution is -2.50. The molecule has 0 N–H and O–H groups in total. The van der Waals surface area contributed by atoms with Crippen LogP contribution in [0.5, 0.6) is 11.5 Å². The van der Waals surface area contributed by atoms with Gasteiger partial charge in [0, 0.05) is 26.2 Å². The number of hydrogen-bond donors (Lipinski definition) is 0. The van der Waals surface area contributed by atoms with Crippen molar-refractivity contribution in [3.63, 3.8) is 0 Å². The SMILES string of the molecule is Cc1ccc2c(c1)Oc1ccccc1C(N1CCN(S(=O)(=O)c3cccc(F)c3)CC1)=N2. The number of sulfonamides is 1. The average molecular weight is 452 g/mol. The number of rotatable bonds is 2. The van der Waals surface area contributed by atoms with E-state index in [9.17, 15) is 12.8 Å². The Morgan fingerprint density at radius 2 is 1.69 bits per heavy atom. The van der Waals surface area contributed by atoms with Gasteiger partial charge >= 0.3 is 0 Å². The molecular weight excluding hydrogens is 429 g/mol. The van der Waals surface area contributed by atoms with Crippen molar-refractivity contribution < 1.29 is 17.5 Å². The van der Waals surface area contributed by atoms with Crippen LogP contribution in [0.1, 0.15) is 11.1 Å². The molecule has 0 aliphatic carbocycles. The van der Waals surface area contributed by atoms with Crippen molar-refractivity contribution in [1.82, 2.24) is 9.21 Å². The second kappa shape index (κ2) is 8.03. The molecular formula is C24H22FN3O3S. The van der Waals surface area contributed by atoms with Gasteiger partial charge in [-0.1, -0.05) is 24.3 Å². The van der Waals surface area contributed by atoms with E-state index in [0.29, 0.717) is 24.6 Å². The summed E-state index contributed by atoms with van der Waals surface area (Å²) < 4.78 is 47.1. The molecule has 0 amide bonds. The van der Waals surface area contributed by atoms with Gasteiger partial charge in [0.25, 0.3) is 0 Å². The van der Waals surface area contributed by atoms with Crippen molar-refractivity contribution >= 4 is 21.5 Å². The minimum atomic E-state index is -3.76. The number of piperazine rings is 1. The number of ether oxygens (including phenoxy) is 1. The zero-order valence-electron chi connectivity index (χ0n) is 17.5. The number of aliphatic imine (C=N–C) groups is 1. The van der Waals surface area contributed by atoms with Crippen molar-refractivity contribution in [2.24, 2.45) is 4.99 Å². The first-order valence-electron chi connectivity index (χ1n) is 10.4. The number of amidine groups is 1. The fraction of sp³-hybridized carbons (Fsp3) is 0.208. The molecule has 0 unspecified atom stereocenters. The summed E-state index contributed by atoms with van der Waals surface area (Å²) in [5, 5.41) is 0. The van der Waals surface area contributed by atoms with Gasteiger partial charge in [-0.25, -0.2) is 17.8 Å². The molecule has 3 aromatic carbocycles. The highest BCUT2D eigenvalue weighted by Gasteiger charge is 2.31. The van der Waals surface area contributed by atoms with E-state index in [4.69, 9.17) is 9.73 Å². The summed E-state index contributed by atoms with van der Waals surface area (Å²) in [7, 11) is -3.76. The van der Waals surface area contributed by atoms with E-state index in [1.165, 1.54) is 22.5 Å². The van der Waals surface area contributed by atoms with Gasteiger partial charge in [0.05, 0.1) is 10.5 Å². The van der Waals surface area contributed by atoms with E-state index in [1.807, 2.05) is 49.4 Å². The Kier molecular flexibility index (Phi) is 5.19. The van der Waals surface area contributed by atoms with Crippen molar-refractivity contribution in [1.29, 1.82) is 0 Å². The first-order valence-corrected chi connectivity index (χ1v) is 11.8. The summed E-state index contributed by atoms with van der Waals surface area (Å²) in [6.07, 6.45) is 0. The van der Waals surface area contributed by atoms with E-state index in [2.05, 4.69) is 4.90 Å². The van der Waals surface area contributed by atoms with Crippen LogP contribution >= 0.6 is 0 Å². The third-order valence-electron chi connectivity index (χ3n) is 5.66. The maximum atomic E-state index is 13.6. The molecule has 3 aromatic rings. The lowest BCUT2D eigenvalue weighted by atomic mass is 10.1. The van der Waals surface area contributed by atoms with Gasteiger partial charge < -0.3 is 9.64 Å². The molecule has 0 radical (unpaired) electrons. The van der Waals surface area contributed by atoms with E-state index in [1.54, 1.807) is 0 Å². The van der Waals surface area contributed by atoms with Gasteiger partial charge in [-0.05, 0) is 55.0 Å². The molecule has 2 aliphatic heterocycles. The lowest BCUT2D eigenvalue weighted by molar-refractivity contribution is 0.266. The van der Waals surface area contributed by atoms with Crippen molar-refractivity contribution in [2.75, 3.05) is 26.2 Å². The van der Waals surface area contributed by atoms with Gasteiger partial charge in [0.2, 0.25) is 10.0 Å². The highest BCUT2D eigenvalue weighted by Crippen LogP contribution is 2.38. The summed E-state index contributed by atoms with van der Waals surface area (Å²) in [5.41, 5.74) is 2.68. The molecule has 0 aromatic heterocycles. The number of aryl methyl sites for hydroxylation is 1. The van der Waals surface area contributed by atoms with Crippen LogP contribution in [0.2, 0.25) is 0 Å².